The first-order chi connectivity index (χ1) is 9.15. The minimum absolute atomic E-state index is 0.221. The van der Waals surface area contributed by atoms with Crippen LogP contribution in [0.4, 0.5) is 0 Å². The van der Waals surface area contributed by atoms with Crippen LogP contribution in [-0.2, 0) is 11.3 Å². The minimum atomic E-state index is -0.666. The molecule has 104 valence electrons. The third-order valence-corrected chi connectivity index (χ3v) is 3.96. The first-order valence-corrected chi connectivity index (χ1v) is 7.14. The van der Waals surface area contributed by atoms with Gasteiger partial charge in [0.05, 0.1) is 5.92 Å². The zero-order valence-electron chi connectivity index (χ0n) is 11.6. The first-order valence-electron chi connectivity index (χ1n) is 7.14. The van der Waals surface area contributed by atoms with Crippen molar-refractivity contribution in [2.75, 3.05) is 13.1 Å². The van der Waals surface area contributed by atoms with E-state index in [1.807, 2.05) is 13.0 Å². The van der Waals surface area contributed by atoms with Crippen LogP contribution in [0.25, 0.3) is 0 Å². The summed E-state index contributed by atoms with van der Waals surface area (Å²) in [5.41, 5.74) is 1.34. The Balaban J connectivity index is 1.85. The summed E-state index contributed by atoms with van der Waals surface area (Å²) < 4.78 is 0. The maximum atomic E-state index is 10.9. The number of rotatable bonds is 5. The average molecular weight is 261 g/mol. The lowest BCUT2D eigenvalue weighted by atomic mass is 9.89. The second-order valence-electron chi connectivity index (χ2n) is 5.70. The van der Waals surface area contributed by atoms with E-state index in [-0.39, 0.29) is 5.92 Å². The summed E-state index contributed by atoms with van der Waals surface area (Å²) in [6, 6.07) is 10.5. The lowest BCUT2D eigenvalue weighted by Gasteiger charge is -2.33. The molecule has 1 aliphatic heterocycles. The molecule has 0 saturated carbocycles. The van der Waals surface area contributed by atoms with Crippen molar-refractivity contribution in [2.24, 2.45) is 11.8 Å². The number of hydrogen-bond donors (Lipinski definition) is 1. The van der Waals surface area contributed by atoms with Crippen LogP contribution in [0.15, 0.2) is 30.3 Å². The summed E-state index contributed by atoms with van der Waals surface area (Å²) in [6.45, 7) is 4.97. The molecule has 1 aromatic carbocycles. The van der Waals surface area contributed by atoms with E-state index in [2.05, 4.69) is 29.2 Å². The van der Waals surface area contributed by atoms with Gasteiger partial charge < -0.3 is 5.11 Å². The standard InChI is InChI=1S/C16H23NO2/c1-13(16(18)19)10-15-8-5-9-17(12-15)11-14-6-3-2-4-7-14/h2-4,6-7,13,15H,5,8-12H2,1H3,(H,18,19). The normalized spacial score (nSPS) is 22.1. The Bertz CT molecular complexity index is 404. The predicted molar refractivity (Wildman–Crippen MR) is 75.9 cm³/mol. The van der Waals surface area contributed by atoms with E-state index < -0.39 is 5.97 Å². The summed E-state index contributed by atoms with van der Waals surface area (Å²) in [5.74, 6) is -0.356. The molecule has 1 aromatic rings. The van der Waals surface area contributed by atoms with Crippen molar-refractivity contribution in [2.45, 2.75) is 32.7 Å². The highest BCUT2D eigenvalue weighted by atomic mass is 16.4. The monoisotopic (exact) mass is 261 g/mol. The molecule has 1 heterocycles. The zero-order valence-corrected chi connectivity index (χ0v) is 11.6. The van der Waals surface area contributed by atoms with Gasteiger partial charge in [-0.15, -0.1) is 0 Å². The molecule has 1 saturated heterocycles. The Morgan fingerprint density at radius 1 is 1.42 bits per heavy atom. The Morgan fingerprint density at radius 3 is 2.84 bits per heavy atom. The van der Waals surface area contributed by atoms with Gasteiger partial charge in [0, 0.05) is 13.1 Å². The average Bonchev–Trinajstić information content (AvgIpc) is 2.40. The molecule has 1 fully saturated rings. The number of carboxylic acid groups (broad SMARTS) is 1. The highest BCUT2D eigenvalue weighted by Crippen LogP contribution is 2.24. The van der Waals surface area contributed by atoms with E-state index in [0.29, 0.717) is 5.92 Å². The molecule has 0 spiro atoms. The third kappa shape index (κ3) is 4.35. The molecule has 1 N–H and O–H groups in total. The van der Waals surface area contributed by atoms with Crippen LogP contribution >= 0.6 is 0 Å². The van der Waals surface area contributed by atoms with E-state index in [9.17, 15) is 4.79 Å². The first kappa shape index (κ1) is 14.1. The van der Waals surface area contributed by atoms with Gasteiger partial charge in [-0.25, -0.2) is 0 Å². The molecule has 2 rings (SSSR count). The molecule has 3 nitrogen and oxygen atoms in total. The predicted octanol–water partition coefficient (Wildman–Crippen LogP) is 3.01. The number of aliphatic carboxylic acids is 1. The fourth-order valence-corrected chi connectivity index (χ4v) is 2.93. The van der Waals surface area contributed by atoms with Gasteiger partial charge in [-0.05, 0) is 37.3 Å². The Morgan fingerprint density at radius 2 is 2.16 bits per heavy atom. The molecule has 1 aliphatic rings. The van der Waals surface area contributed by atoms with E-state index >= 15 is 0 Å². The van der Waals surface area contributed by atoms with E-state index in [0.717, 1.165) is 26.1 Å². The number of hydrogen-bond acceptors (Lipinski definition) is 2. The van der Waals surface area contributed by atoms with Gasteiger partial charge in [0.25, 0.3) is 0 Å². The largest absolute Gasteiger partial charge is 0.481 e. The number of nitrogens with zero attached hydrogens (tertiary/aromatic N) is 1. The maximum Gasteiger partial charge on any atom is 0.306 e. The minimum Gasteiger partial charge on any atom is -0.481 e. The van der Waals surface area contributed by atoms with Crippen molar-refractivity contribution in [3.63, 3.8) is 0 Å². The van der Waals surface area contributed by atoms with Crippen LogP contribution in [0, 0.1) is 11.8 Å². The Hall–Kier alpha value is -1.35. The summed E-state index contributed by atoms with van der Waals surface area (Å²) in [5, 5.41) is 9.00. The van der Waals surface area contributed by atoms with Gasteiger partial charge in [-0.1, -0.05) is 37.3 Å². The van der Waals surface area contributed by atoms with Gasteiger partial charge in [0.15, 0.2) is 0 Å². The van der Waals surface area contributed by atoms with Crippen molar-refractivity contribution in [1.29, 1.82) is 0 Å². The molecule has 0 aliphatic carbocycles. The smallest absolute Gasteiger partial charge is 0.306 e. The lowest BCUT2D eigenvalue weighted by Crippen LogP contribution is -2.36. The van der Waals surface area contributed by atoms with Crippen LogP contribution < -0.4 is 0 Å². The second kappa shape index (κ2) is 6.71. The molecule has 0 amide bonds. The van der Waals surface area contributed by atoms with Crippen molar-refractivity contribution >= 4 is 5.97 Å². The van der Waals surface area contributed by atoms with E-state index in [1.165, 1.54) is 18.4 Å². The topological polar surface area (TPSA) is 40.5 Å². The Kier molecular flexibility index (Phi) is 4.97. The second-order valence-corrected chi connectivity index (χ2v) is 5.70. The van der Waals surface area contributed by atoms with Crippen LogP contribution in [-0.4, -0.2) is 29.1 Å². The molecule has 0 aromatic heterocycles. The number of piperidine rings is 1. The van der Waals surface area contributed by atoms with Crippen molar-refractivity contribution in [1.82, 2.24) is 4.90 Å². The SMILES string of the molecule is CC(CC1CCCN(Cc2ccccc2)C1)C(=O)O. The zero-order chi connectivity index (χ0) is 13.7. The fourth-order valence-electron chi connectivity index (χ4n) is 2.93. The highest BCUT2D eigenvalue weighted by Gasteiger charge is 2.23. The van der Waals surface area contributed by atoms with Gasteiger partial charge in [-0.2, -0.15) is 0 Å². The summed E-state index contributed by atoms with van der Waals surface area (Å²) in [7, 11) is 0. The lowest BCUT2D eigenvalue weighted by molar-refractivity contribution is -0.141. The van der Waals surface area contributed by atoms with Crippen molar-refractivity contribution in [3.8, 4) is 0 Å². The van der Waals surface area contributed by atoms with Gasteiger partial charge in [-0.3, -0.25) is 9.69 Å². The summed E-state index contributed by atoms with van der Waals surface area (Å²) in [4.78, 5) is 13.4. The number of carbonyl (C=O) groups is 1. The van der Waals surface area contributed by atoms with Crippen molar-refractivity contribution in [3.05, 3.63) is 35.9 Å². The van der Waals surface area contributed by atoms with Crippen molar-refractivity contribution < 1.29 is 9.90 Å². The number of likely N-dealkylation sites (tertiary alicyclic amines) is 1. The van der Waals surface area contributed by atoms with Gasteiger partial charge in [0.1, 0.15) is 0 Å². The number of carboxylic acids is 1. The van der Waals surface area contributed by atoms with Crippen LogP contribution in [0.5, 0.6) is 0 Å². The molecule has 0 bridgehead atoms. The maximum absolute atomic E-state index is 10.9. The van der Waals surface area contributed by atoms with Crippen LogP contribution in [0.1, 0.15) is 31.7 Å². The molecule has 19 heavy (non-hydrogen) atoms. The Labute approximate surface area is 115 Å². The third-order valence-electron chi connectivity index (χ3n) is 3.96. The van der Waals surface area contributed by atoms with Crippen LogP contribution in [0.2, 0.25) is 0 Å². The summed E-state index contributed by atoms with van der Waals surface area (Å²) in [6.07, 6.45) is 3.16. The van der Waals surface area contributed by atoms with Gasteiger partial charge >= 0.3 is 5.97 Å². The van der Waals surface area contributed by atoms with Gasteiger partial charge in [0.2, 0.25) is 0 Å². The molecule has 0 radical (unpaired) electrons. The van der Waals surface area contributed by atoms with Crippen LogP contribution in [0.3, 0.4) is 0 Å². The molecule has 2 unspecified atom stereocenters. The highest BCUT2D eigenvalue weighted by molar-refractivity contribution is 5.69. The van der Waals surface area contributed by atoms with E-state index in [1.54, 1.807) is 0 Å². The molecular formula is C16H23NO2. The quantitative estimate of drug-likeness (QED) is 0.885. The molecule has 2 atom stereocenters. The summed E-state index contributed by atoms with van der Waals surface area (Å²) >= 11 is 0. The van der Waals surface area contributed by atoms with E-state index in [4.69, 9.17) is 5.11 Å². The molecular weight excluding hydrogens is 238 g/mol. The molecule has 3 heteroatoms. The fraction of sp³-hybridized carbons (Fsp3) is 0.562. The number of benzene rings is 1.